The van der Waals surface area contributed by atoms with Gasteiger partial charge in [0.1, 0.15) is 5.60 Å². The van der Waals surface area contributed by atoms with Crippen molar-refractivity contribution in [3.63, 3.8) is 0 Å². The van der Waals surface area contributed by atoms with Crippen molar-refractivity contribution in [2.75, 3.05) is 13.2 Å². The number of carbonyl (C=O) groups is 1. The van der Waals surface area contributed by atoms with E-state index >= 15 is 0 Å². The van der Waals surface area contributed by atoms with Crippen molar-refractivity contribution in [3.8, 4) is 0 Å². The molecule has 0 aliphatic heterocycles. The van der Waals surface area contributed by atoms with E-state index in [1.807, 2.05) is 0 Å². The molecular weight excluding hydrogens is 537 g/mol. The van der Waals surface area contributed by atoms with E-state index in [9.17, 15) is 28.2 Å². The molecule has 6 saturated carbocycles. The molecule has 0 aromatic rings. The lowest BCUT2D eigenvalue weighted by atomic mass is 9.36. The van der Waals surface area contributed by atoms with Gasteiger partial charge in [-0.3, -0.25) is 0 Å². The molecule has 0 aromatic carbocycles. The van der Waals surface area contributed by atoms with Gasteiger partial charge in [-0.15, -0.1) is 0 Å². The molecule has 0 radical (unpaired) electrons. The van der Waals surface area contributed by atoms with Gasteiger partial charge in [-0.2, -0.15) is 13.2 Å². The minimum absolute atomic E-state index is 0.182. The number of hydrogen-bond donors (Lipinski definition) is 2. The van der Waals surface area contributed by atoms with Gasteiger partial charge in [0.05, 0.1) is 30.0 Å². The maximum atomic E-state index is 13.7. The number of carbonyl (C=O) groups excluding carboxylic acids is 1. The van der Waals surface area contributed by atoms with Crippen molar-refractivity contribution in [2.24, 2.45) is 16.7 Å². The highest BCUT2D eigenvalue weighted by Crippen LogP contribution is 2.76. The van der Waals surface area contributed by atoms with Crippen molar-refractivity contribution in [2.45, 2.75) is 152 Å². The second kappa shape index (κ2) is 9.93. The van der Waals surface area contributed by atoms with E-state index in [0.717, 1.165) is 64.7 Å². The summed E-state index contributed by atoms with van der Waals surface area (Å²) in [7, 11) is 0. The maximum absolute atomic E-state index is 13.7. The second-order valence-corrected chi connectivity index (χ2v) is 15.5. The van der Waals surface area contributed by atoms with Crippen LogP contribution in [-0.2, 0) is 19.0 Å². The molecule has 4 bridgehead atoms. The van der Waals surface area contributed by atoms with Crippen molar-refractivity contribution in [3.05, 3.63) is 12.2 Å². The third-order valence-corrected chi connectivity index (χ3v) is 11.4. The monoisotopic (exact) mass is 586 g/mol. The first-order valence-electron chi connectivity index (χ1n) is 15.5. The van der Waals surface area contributed by atoms with Gasteiger partial charge in [-0.05, 0) is 97.8 Å². The number of halogens is 3. The average molecular weight is 587 g/mol. The first-order chi connectivity index (χ1) is 18.8. The van der Waals surface area contributed by atoms with Crippen LogP contribution in [-0.4, -0.2) is 63.6 Å². The first-order valence-corrected chi connectivity index (χ1v) is 15.5. The molecule has 0 amide bonds. The van der Waals surface area contributed by atoms with Crippen molar-refractivity contribution < 1.29 is 42.4 Å². The van der Waals surface area contributed by atoms with Gasteiger partial charge in [0.2, 0.25) is 0 Å². The van der Waals surface area contributed by atoms with Crippen LogP contribution in [0.15, 0.2) is 12.2 Å². The largest absolute Gasteiger partial charge is 0.456 e. The van der Waals surface area contributed by atoms with Crippen LogP contribution < -0.4 is 0 Å². The molecule has 6 aliphatic rings. The van der Waals surface area contributed by atoms with Crippen LogP contribution in [0.2, 0.25) is 0 Å². The van der Waals surface area contributed by atoms with Crippen LogP contribution in [0.1, 0.15) is 118 Å². The number of esters is 1. The number of rotatable bonds is 10. The van der Waals surface area contributed by atoms with Crippen molar-refractivity contribution in [1.29, 1.82) is 0 Å². The summed E-state index contributed by atoms with van der Waals surface area (Å²) in [4.78, 5) is 13.1. The summed E-state index contributed by atoms with van der Waals surface area (Å²) in [5, 5.41) is 21.0. The number of alkyl halides is 3. The Morgan fingerprint density at radius 2 is 1.29 bits per heavy atom. The zero-order valence-corrected chi connectivity index (χ0v) is 25.3. The van der Waals surface area contributed by atoms with Gasteiger partial charge in [-0.25, -0.2) is 4.79 Å². The minimum Gasteiger partial charge on any atom is -0.456 e. The van der Waals surface area contributed by atoms with E-state index in [0.29, 0.717) is 37.7 Å². The Bertz CT molecular complexity index is 1040. The highest BCUT2D eigenvalue weighted by molar-refractivity contribution is 5.87. The molecule has 41 heavy (non-hydrogen) atoms. The fourth-order valence-electron chi connectivity index (χ4n) is 9.99. The number of aliphatic hydroxyl groups is 2. The average Bonchev–Trinajstić information content (AvgIpc) is 3.51. The van der Waals surface area contributed by atoms with Gasteiger partial charge in [-0.1, -0.05) is 32.3 Å². The second-order valence-electron chi connectivity index (χ2n) is 15.5. The number of ether oxygens (including phenoxy) is 3. The Labute approximate surface area is 242 Å². The predicted octanol–water partition coefficient (Wildman–Crippen LogP) is 6.56. The third-order valence-electron chi connectivity index (χ3n) is 11.4. The fourth-order valence-corrected chi connectivity index (χ4v) is 9.99. The van der Waals surface area contributed by atoms with E-state index in [1.165, 1.54) is 0 Å². The molecule has 6 rings (SSSR count). The van der Waals surface area contributed by atoms with Crippen LogP contribution in [0.5, 0.6) is 0 Å². The topological polar surface area (TPSA) is 85.2 Å². The lowest BCUT2D eigenvalue weighted by Gasteiger charge is -2.72. The Morgan fingerprint density at radius 3 is 1.71 bits per heavy atom. The van der Waals surface area contributed by atoms with Gasteiger partial charge >= 0.3 is 12.1 Å². The molecule has 0 spiro atoms. The minimum atomic E-state index is -4.81. The maximum Gasteiger partial charge on any atom is 0.419 e. The van der Waals surface area contributed by atoms with E-state index in [-0.39, 0.29) is 17.9 Å². The lowest BCUT2D eigenvalue weighted by Crippen LogP contribution is -2.72. The van der Waals surface area contributed by atoms with E-state index in [2.05, 4.69) is 6.58 Å². The molecule has 0 aromatic heterocycles. The lowest BCUT2D eigenvalue weighted by molar-refractivity contribution is -0.324. The molecule has 6 fully saturated rings. The van der Waals surface area contributed by atoms with Crippen LogP contribution in [0, 0.1) is 16.7 Å². The summed E-state index contributed by atoms with van der Waals surface area (Å²) in [6.07, 6.45) is 6.10. The molecule has 5 atom stereocenters. The van der Waals surface area contributed by atoms with Gasteiger partial charge < -0.3 is 24.4 Å². The first kappa shape index (κ1) is 31.3. The SMILES string of the molecule is C=C(C)C(=O)OC12CC3CC(C4(OCC(C)(C)O)CCCC4)(C1)CC(C1(OCC(C)(O)C(F)(F)F)CCCC1)(C3)C2. The smallest absolute Gasteiger partial charge is 0.419 e. The van der Waals surface area contributed by atoms with Crippen molar-refractivity contribution in [1.82, 2.24) is 0 Å². The quantitative estimate of drug-likeness (QED) is 0.223. The molecular formula is C32H49F3O6. The Balaban J connectivity index is 1.59. The highest BCUT2D eigenvalue weighted by atomic mass is 19.4. The molecule has 2 N–H and O–H groups in total. The van der Waals surface area contributed by atoms with E-state index < -0.39 is 52.2 Å². The molecule has 0 saturated heterocycles. The molecule has 5 unspecified atom stereocenters. The predicted molar refractivity (Wildman–Crippen MR) is 147 cm³/mol. The van der Waals surface area contributed by atoms with Crippen LogP contribution in [0.4, 0.5) is 13.2 Å². The standard InChI is InChI=1S/C32H49F3O6/c1-22(2)24(36)41-29-16-23-14-27(18-29,30(10-6-7-11-30)39-20-25(3,4)37)17-28(15-23,19-29)31(12-8-9-13-31)40-21-26(5,38)32(33,34)35/h23,37-38H,1,6-21H2,2-5H3. The molecule has 6 aliphatic carbocycles. The molecule has 0 heterocycles. The fraction of sp³-hybridized carbons (Fsp3) is 0.906. The summed E-state index contributed by atoms with van der Waals surface area (Å²) in [5.41, 5.74) is -6.70. The molecule has 234 valence electrons. The van der Waals surface area contributed by atoms with Crippen molar-refractivity contribution >= 4 is 5.97 Å². The van der Waals surface area contributed by atoms with Crippen LogP contribution >= 0.6 is 0 Å². The Kier molecular flexibility index (Phi) is 7.57. The van der Waals surface area contributed by atoms with Gasteiger partial charge in [0, 0.05) is 16.4 Å². The summed E-state index contributed by atoms with van der Waals surface area (Å²) in [6, 6.07) is 0. The third kappa shape index (κ3) is 5.29. The van der Waals surface area contributed by atoms with Crippen LogP contribution in [0.25, 0.3) is 0 Å². The Hall–Kier alpha value is -1.16. The van der Waals surface area contributed by atoms with E-state index in [1.54, 1.807) is 20.8 Å². The Morgan fingerprint density at radius 1 is 0.829 bits per heavy atom. The normalized spacial score (nSPS) is 37.2. The summed E-state index contributed by atoms with van der Waals surface area (Å²) < 4.78 is 60.8. The summed E-state index contributed by atoms with van der Waals surface area (Å²) in [6.45, 7) is 9.07. The van der Waals surface area contributed by atoms with Gasteiger partial charge in [0.15, 0.2) is 5.60 Å². The zero-order valence-electron chi connectivity index (χ0n) is 25.3. The van der Waals surface area contributed by atoms with Crippen LogP contribution in [0.3, 0.4) is 0 Å². The summed E-state index contributed by atoms with van der Waals surface area (Å²) in [5.74, 6) is -0.229. The van der Waals surface area contributed by atoms with Gasteiger partial charge in [0.25, 0.3) is 0 Å². The zero-order chi connectivity index (χ0) is 30.2. The molecule has 9 heteroatoms. The number of hydrogen-bond acceptors (Lipinski definition) is 6. The summed E-state index contributed by atoms with van der Waals surface area (Å²) >= 11 is 0. The molecule has 6 nitrogen and oxygen atoms in total. The van der Waals surface area contributed by atoms with E-state index in [4.69, 9.17) is 14.2 Å². The highest BCUT2D eigenvalue weighted by Gasteiger charge is 2.75.